The fourth-order valence-corrected chi connectivity index (χ4v) is 1.36. The third kappa shape index (κ3) is 2.19. The van der Waals surface area contributed by atoms with Gasteiger partial charge in [-0.1, -0.05) is 5.21 Å². The number of rotatable bonds is 2. The normalized spacial score (nSPS) is 12.8. The Morgan fingerprint density at radius 3 is 2.38 bits per heavy atom. The molecule has 0 amide bonds. The molecule has 0 bridgehead atoms. The lowest BCUT2D eigenvalue weighted by Crippen LogP contribution is -1.96. The largest absolute Gasteiger partial charge is 0.220 e. The number of alkyl halides is 1. The smallest absolute Gasteiger partial charge is 0.128 e. The first-order valence-electron chi connectivity index (χ1n) is 4.59. The standard InChI is InChI=1S/C10H8ClF2N3/c1-6(11)10-5-16(15-14-10)9-3-7(12)2-8(13)4-9/h2-6H,1H3. The van der Waals surface area contributed by atoms with E-state index >= 15 is 0 Å². The molecule has 0 aliphatic carbocycles. The zero-order valence-corrected chi connectivity index (χ0v) is 9.12. The number of benzene rings is 1. The molecule has 1 heterocycles. The van der Waals surface area contributed by atoms with Crippen LogP contribution in [0.25, 0.3) is 5.69 Å². The van der Waals surface area contributed by atoms with Gasteiger partial charge >= 0.3 is 0 Å². The molecule has 1 unspecified atom stereocenters. The van der Waals surface area contributed by atoms with Crippen molar-refractivity contribution >= 4 is 11.6 Å². The van der Waals surface area contributed by atoms with Gasteiger partial charge in [-0.25, -0.2) is 13.5 Å². The molecule has 1 aromatic heterocycles. The fourth-order valence-electron chi connectivity index (χ4n) is 1.26. The maximum absolute atomic E-state index is 13.0. The maximum atomic E-state index is 13.0. The van der Waals surface area contributed by atoms with Crippen molar-refractivity contribution < 1.29 is 8.78 Å². The minimum Gasteiger partial charge on any atom is -0.220 e. The summed E-state index contributed by atoms with van der Waals surface area (Å²) in [5.74, 6) is -1.32. The van der Waals surface area contributed by atoms with Gasteiger partial charge in [0.1, 0.15) is 17.3 Å². The molecule has 0 radical (unpaired) electrons. The number of hydrogen-bond acceptors (Lipinski definition) is 2. The Bertz CT molecular complexity index is 490. The number of nitrogens with zero attached hydrogens (tertiary/aromatic N) is 3. The molecular weight excluding hydrogens is 236 g/mol. The molecule has 0 N–H and O–H groups in total. The van der Waals surface area contributed by atoms with Crippen molar-refractivity contribution in [3.8, 4) is 5.69 Å². The quantitative estimate of drug-likeness (QED) is 0.760. The molecule has 3 nitrogen and oxygen atoms in total. The molecule has 1 atom stereocenters. The van der Waals surface area contributed by atoms with Crippen LogP contribution in [0.15, 0.2) is 24.4 Å². The number of hydrogen-bond donors (Lipinski definition) is 0. The molecule has 0 aliphatic rings. The Balaban J connectivity index is 2.42. The Morgan fingerprint density at radius 1 is 1.25 bits per heavy atom. The summed E-state index contributed by atoms with van der Waals surface area (Å²) < 4.78 is 27.2. The van der Waals surface area contributed by atoms with Crippen molar-refractivity contribution in [1.29, 1.82) is 0 Å². The van der Waals surface area contributed by atoms with Gasteiger partial charge in [0, 0.05) is 6.07 Å². The van der Waals surface area contributed by atoms with Crippen molar-refractivity contribution in [2.45, 2.75) is 12.3 Å². The van der Waals surface area contributed by atoms with Gasteiger partial charge in [-0.3, -0.25) is 0 Å². The lowest BCUT2D eigenvalue weighted by molar-refractivity contribution is 0.579. The molecule has 84 valence electrons. The van der Waals surface area contributed by atoms with E-state index in [4.69, 9.17) is 11.6 Å². The van der Waals surface area contributed by atoms with E-state index in [0.29, 0.717) is 5.69 Å². The van der Waals surface area contributed by atoms with Crippen LogP contribution in [0.3, 0.4) is 0 Å². The van der Waals surface area contributed by atoms with Crippen LogP contribution in [0.2, 0.25) is 0 Å². The van der Waals surface area contributed by atoms with E-state index in [9.17, 15) is 8.78 Å². The number of halogens is 3. The average molecular weight is 244 g/mol. The summed E-state index contributed by atoms with van der Waals surface area (Å²) in [5.41, 5.74) is 0.819. The Labute approximate surface area is 95.6 Å². The Kier molecular flexibility index (Phi) is 2.87. The predicted molar refractivity (Wildman–Crippen MR) is 55.5 cm³/mol. The van der Waals surface area contributed by atoms with Crippen LogP contribution < -0.4 is 0 Å². The van der Waals surface area contributed by atoms with Crippen molar-refractivity contribution in [2.24, 2.45) is 0 Å². The van der Waals surface area contributed by atoms with Crippen LogP contribution in [0.5, 0.6) is 0 Å². The molecule has 0 spiro atoms. The third-order valence-electron chi connectivity index (χ3n) is 2.03. The van der Waals surface area contributed by atoms with Crippen LogP contribution >= 0.6 is 11.6 Å². The van der Waals surface area contributed by atoms with E-state index in [-0.39, 0.29) is 11.1 Å². The predicted octanol–water partition coefficient (Wildman–Crippen LogP) is 2.85. The summed E-state index contributed by atoms with van der Waals surface area (Å²) in [6.07, 6.45) is 1.53. The monoisotopic (exact) mass is 243 g/mol. The third-order valence-corrected chi connectivity index (χ3v) is 2.25. The number of aromatic nitrogens is 3. The van der Waals surface area contributed by atoms with E-state index < -0.39 is 11.6 Å². The second-order valence-electron chi connectivity index (χ2n) is 3.33. The summed E-state index contributed by atoms with van der Waals surface area (Å²) >= 11 is 5.80. The highest BCUT2D eigenvalue weighted by atomic mass is 35.5. The van der Waals surface area contributed by atoms with Gasteiger partial charge in [0.05, 0.1) is 17.3 Å². The average Bonchev–Trinajstić information content (AvgIpc) is 2.64. The van der Waals surface area contributed by atoms with Gasteiger partial charge in [-0.2, -0.15) is 0 Å². The maximum Gasteiger partial charge on any atom is 0.128 e. The molecular formula is C10H8ClF2N3. The Morgan fingerprint density at radius 2 is 1.88 bits per heavy atom. The van der Waals surface area contributed by atoms with Crippen LogP contribution in [-0.2, 0) is 0 Å². The van der Waals surface area contributed by atoms with E-state index in [1.54, 1.807) is 6.92 Å². The van der Waals surface area contributed by atoms with Crippen molar-refractivity contribution in [3.05, 3.63) is 41.7 Å². The first-order chi connectivity index (χ1) is 7.56. The summed E-state index contributed by atoms with van der Waals surface area (Å²) in [6, 6.07) is 3.13. The van der Waals surface area contributed by atoms with Gasteiger partial charge in [-0.05, 0) is 19.1 Å². The second-order valence-corrected chi connectivity index (χ2v) is 3.99. The SMILES string of the molecule is CC(Cl)c1cn(-c2cc(F)cc(F)c2)nn1. The van der Waals surface area contributed by atoms with Gasteiger partial charge in [0.25, 0.3) is 0 Å². The van der Waals surface area contributed by atoms with Crippen molar-refractivity contribution in [1.82, 2.24) is 15.0 Å². The summed E-state index contributed by atoms with van der Waals surface area (Å²) in [4.78, 5) is 0. The fraction of sp³-hybridized carbons (Fsp3) is 0.200. The highest BCUT2D eigenvalue weighted by Gasteiger charge is 2.09. The molecule has 0 aliphatic heterocycles. The van der Waals surface area contributed by atoms with E-state index in [1.165, 1.54) is 23.0 Å². The summed E-state index contributed by atoms with van der Waals surface area (Å²) in [7, 11) is 0. The second kappa shape index (κ2) is 4.17. The lowest BCUT2D eigenvalue weighted by atomic mass is 10.3. The lowest BCUT2D eigenvalue weighted by Gasteiger charge is -2.00. The minimum absolute atomic E-state index is 0.272. The molecule has 2 rings (SSSR count). The van der Waals surface area contributed by atoms with Crippen LogP contribution in [0, 0.1) is 11.6 Å². The molecule has 16 heavy (non-hydrogen) atoms. The highest BCUT2D eigenvalue weighted by molar-refractivity contribution is 6.20. The topological polar surface area (TPSA) is 30.7 Å². The van der Waals surface area contributed by atoms with Gasteiger partial charge in [0.2, 0.25) is 0 Å². The van der Waals surface area contributed by atoms with Crippen LogP contribution in [0.4, 0.5) is 8.78 Å². The van der Waals surface area contributed by atoms with E-state index in [0.717, 1.165) is 6.07 Å². The first kappa shape index (κ1) is 11.0. The minimum atomic E-state index is -0.661. The first-order valence-corrected chi connectivity index (χ1v) is 5.02. The van der Waals surface area contributed by atoms with Crippen molar-refractivity contribution in [3.63, 3.8) is 0 Å². The molecule has 0 saturated heterocycles. The summed E-state index contributed by atoms with van der Waals surface area (Å²) in [6.45, 7) is 1.74. The molecule has 6 heteroatoms. The molecule has 1 aromatic carbocycles. The zero-order valence-electron chi connectivity index (χ0n) is 8.36. The zero-order chi connectivity index (χ0) is 11.7. The van der Waals surface area contributed by atoms with Gasteiger partial charge in [0.15, 0.2) is 0 Å². The molecule has 2 aromatic rings. The van der Waals surface area contributed by atoms with Gasteiger partial charge in [-0.15, -0.1) is 16.7 Å². The summed E-state index contributed by atoms with van der Waals surface area (Å²) in [5, 5.41) is 7.23. The van der Waals surface area contributed by atoms with Crippen LogP contribution in [0.1, 0.15) is 18.0 Å². The van der Waals surface area contributed by atoms with Crippen LogP contribution in [-0.4, -0.2) is 15.0 Å². The Hall–Kier alpha value is -1.49. The van der Waals surface area contributed by atoms with E-state index in [2.05, 4.69) is 10.3 Å². The van der Waals surface area contributed by atoms with Crippen molar-refractivity contribution in [2.75, 3.05) is 0 Å². The molecule has 0 fully saturated rings. The van der Waals surface area contributed by atoms with Gasteiger partial charge < -0.3 is 0 Å². The van der Waals surface area contributed by atoms with E-state index in [1.807, 2.05) is 0 Å². The molecule has 0 saturated carbocycles. The highest BCUT2D eigenvalue weighted by Crippen LogP contribution is 2.18.